The standard InChI is InChI=1S/C29H30N2O4S/c1-3-30(4-2)26-13-9-22(10-14-26)19-31(20-23-11-16-28-29(17-23)35-21-34-28)36(32,33)27-15-12-24-7-5-6-8-25(24)18-27/h5-18H,3-4,19-21H2,1-2H3. The first-order valence-electron chi connectivity index (χ1n) is 12.2. The number of nitrogens with zero attached hydrogens (tertiary/aromatic N) is 2. The van der Waals surface area contributed by atoms with Gasteiger partial charge in [0, 0.05) is 31.9 Å². The van der Waals surface area contributed by atoms with Gasteiger partial charge in [-0.05, 0) is 72.1 Å². The van der Waals surface area contributed by atoms with Crippen LogP contribution in [-0.4, -0.2) is 32.6 Å². The van der Waals surface area contributed by atoms with Crippen LogP contribution in [0, 0.1) is 0 Å². The molecule has 7 heteroatoms. The minimum absolute atomic E-state index is 0.177. The fourth-order valence-electron chi connectivity index (χ4n) is 4.55. The van der Waals surface area contributed by atoms with Crippen LogP contribution >= 0.6 is 0 Å². The van der Waals surface area contributed by atoms with Crippen molar-refractivity contribution in [3.8, 4) is 11.5 Å². The highest BCUT2D eigenvalue weighted by Crippen LogP contribution is 2.34. The van der Waals surface area contributed by atoms with Crippen LogP contribution < -0.4 is 14.4 Å². The Hall–Kier alpha value is -3.55. The first-order chi connectivity index (χ1) is 17.5. The van der Waals surface area contributed by atoms with E-state index in [2.05, 4.69) is 30.9 Å². The molecule has 36 heavy (non-hydrogen) atoms. The summed E-state index contributed by atoms with van der Waals surface area (Å²) in [4.78, 5) is 2.54. The molecule has 0 amide bonds. The SMILES string of the molecule is CCN(CC)c1ccc(CN(Cc2ccc3c(c2)OCO3)S(=O)(=O)c2ccc3ccccc3c2)cc1. The number of ether oxygens (including phenoxy) is 2. The van der Waals surface area contributed by atoms with Gasteiger partial charge in [0.15, 0.2) is 11.5 Å². The molecule has 0 fully saturated rings. The second-order valence-corrected chi connectivity index (χ2v) is 10.7. The van der Waals surface area contributed by atoms with Crippen molar-refractivity contribution in [1.29, 1.82) is 0 Å². The van der Waals surface area contributed by atoms with Gasteiger partial charge in [0.2, 0.25) is 16.8 Å². The van der Waals surface area contributed by atoms with E-state index in [4.69, 9.17) is 9.47 Å². The van der Waals surface area contributed by atoms with E-state index in [0.717, 1.165) is 40.7 Å². The Bertz CT molecular complexity index is 1460. The molecule has 0 N–H and O–H groups in total. The summed E-state index contributed by atoms with van der Waals surface area (Å²) in [6, 6.07) is 26.8. The first-order valence-corrected chi connectivity index (χ1v) is 13.6. The van der Waals surface area contributed by atoms with Crippen LogP contribution in [0.3, 0.4) is 0 Å². The van der Waals surface area contributed by atoms with Gasteiger partial charge in [0.1, 0.15) is 0 Å². The zero-order chi connectivity index (χ0) is 25.1. The topological polar surface area (TPSA) is 59.1 Å². The summed E-state index contributed by atoms with van der Waals surface area (Å²) in [5, 5.41) is 1.90. The zero-order valence-corrected chi connectivity index (χ0v) is 21.4. The Balaban J connectivity index is 1.49. The summed E-state index contributed by atoms with van der Waals surface area (Å²) in [7, 11) is -3.79. The maximum Gasteiger partial charge on any atom is 0.243 e. The molecule has 4 aromatic rings. The highest BCUT2D eigenvalue weighted by atomic mass is 32.2. The Morgan fingerprint density at radius 3 is 2.14 bits per heavy atom. The predicted octanol–water partition coefficient (Wildman–Crippen LogP) is 5.81. The molecule has 0 bridgehead atoms. The minimum Gasteiger partial charge on any atom is -0.454 e. The zero-order valence-electron chi connectivity index (χ0n) is 20.6. The molecule has 5 rings (SSSR count). The third-order valence-electron chi connectivity index (χ3n) is 6.58. The molecule has 0 saturated heterocycles. The molecule has 0 aromatic heterocycles. The predicted molar refractivity (Wildman–Crippen MR) is 143 cm³/mol. The normalized spacial score (nSPS) is 12.9. The fourth-order valence-corrected chi connectivity index (χ4v) is 6.00. The molecule has 186 valence electrons. The largest absolute Gasteiger partial charge is 0.454 e. The molecule has 1 aliphatic heterocycles. The summed E-state index contributed by atoms with van der Waals surface area (Å²) < 4.78 is 40.4. The summed E-state index contributed by atoms with van der Waals surface area (Å²) in [6.45, 7) is 6.73. The van der Waals surface area contributed by atoms with E-state index >= 15 is 0 Å². The van der Waals surface area contributed by atoms with Crippen molar-refractivity contribution >= 4 is 26.5 Å². The van der Waals surface area contributed by atoms with Gasteiger partial charge >= 0.3 is 0 Å². The molecule has 1 aliphatic rings. The molecule has 0 aliphatic carbocycles. The highest BCUT2D eigenvalue weighted by Gasteiger charge is 2.26. The lowest BCUT2D eigenvalue weighted by Crippen LogP contribution is -2.30. The van der Waals surface area contributed by atoms with Gasteiger partial charge in [-0.2, -0.15) is 4.31 Å². The van der Waals surface area contributed by atoms with Gasteiger partial charge in [0.05, 0.1) is 4.90 Å². The van der Waals surface area contributed by atoms with E-state index in [1.807, 2.05) is 60.7 Å². The van der Waals surface area contributed by atoms with E-state index in [-0.39, 0.29) is 24.8 Å². The molecular formula is C29H30N2O4S. The fraction of sp³-hybridized carbons (Fsp3) is 0.241. The summed E-state index contributed by atoms with van der Waals surface area (Å²) >= 11 is 0. The van der Waals surface area contributed by atoms with Gasteiger partial charge in [-0.1, -0.05) is 48.5 Å². The van der Waals surface area contributed by atoms with Crippen molar-refractivity contribution in [3.05, 3.63) is 96.1 Å². The second kappa shape index (κ2) is 10.2. The number of fused-ring (bicyclic) bond motifs is 2. The van der Waals surface area contributed by atoms with Gasteiger partial charge in [-0.25, -0.2) is 8.42 Å². The van der Waals surface area contributed by atoms with E-state index in [1.54, 1.807) is 12.1 Å². The maximum atomic E-state index is 13.9. The summed E-state index contributed by atoms with van der Waals surface area (Å²) in [6.07, 6.45) is 0. The second-order valence-electron chi connectivity index (χ2n) is 8.81. The molecule has 1 heterocycles. The third-order valence-corrected chi connectivity index (χ3v) is 8.37. The van der Waals surface area contributed by atoms with E-state index in [1.165, 1.54) is 4.31 Å². The molecular weight excluding hydrogens is 472 g/mol. The number of rotatable bonds is 9. The first kappa shape index (κ1) is 24.2. The van der Waals surface area contributed by atoms with Crippen LogP contribution in [0.1, 0.15) is 25.0 Å². The highest BCUT2D eigenvalue weighted by molar-refractivity contribution is 7.89. The van der Waals surface area contributed by atoms with Gasteiger partial charge in [0.25, 0.3) is 0 Å². The molecule has 0 saturated carbocycles. The van der Waals surface area contributed by atoms with Crippen LogP contribution in [0.2, 0.25) is 0 Å². The van der Waals surface area contributed by atoms with Crippen molar-refractivity contribution in [1.82, 2.24) is 4.31 Å². The third kappa shape index (κ3) is 4.90. The van der Waals surface area contributed by atoms with Crippen LogP contribution in [0.25, 0.3) is 10.8 Å². The van der Waals surface area contributed by atoms with Crippen molar-refractivity contribution in [2.24, 2.45) is 0 Å². The number of hydrogen-bond acceptors (Lipinski definition) is 5. The summed E-state index contributed by atoms with van der Waals surface area (Å²) in [5.41, 5.74) is 2.89. The Kier molecular flexibility index (Phi) is 6.85. The average molecular weight is 503 g/mol. The number of anilines is 1. The minimum atomic E-state index is -3.79. The van der Waals surface area contributed by atoms with Crippen molar-refractivity contribution in [3.63, 3.8) is 0 Å². The molecule has 6 nitrogen and oxygen atoms in total. The van der Waals surface area contributed by atoms with Crippen LogP contribution in [-0.2, 0) is 23.1 Å². The van der Waals surface area contributed by atoms with Crippen molar-refractivity contribution in [2.45, 2.75) is 31.8 Å². The van der Waals surface area contributed by atoms with Crippen LogP contribution in [0.4, 0.5) is 5.69 Å². The Labute approximate surface area is 212 Å². The quantitative estimate of drug-likeness (QED) is 0.289. The van der Waals surface area contributed by atoms with Gasteiger partial charge < -0.3 is 14.4 Å². The van der Waals surface area contributed by atoms with Crippen molar-refractivity contribution in [2.75, 3.05) is 24.8 Å². The number of benzene rings is 4. The molecule has 4 aromatic carbocycles. The Morgan fingerprint density at radius 1 is 0.722 bits per heavy atom. The van der Waals surface area contributed by atoms with E-state index in [9.17, 15) is 8.42 Å². The number of sulfonamides is 1. The molecule has 0 spiro atoms. The van der Waals surface area contributed by atoms with Gasteiger partial charge in [-0.3, -0.25) is 0 Å². The average Bonchev–Trinajstić information content (AvgIpc) is 3.37. The lowest BCUT2D eigenvalue weighted by Gasteiger charge is -2.24. The summed E-state index contributed by atoms with van der Waals surface area (Å²) in [5.74, 6) is 1.31. The Morgan fingerprint density at radius 2 is 1.39 bits per heavy atom. The van der Waals surface area contributed by atoms with E-state index in [0.29, 0.717) is 11.5 Å². The van der Waals surface area contributed by atoms with Gasteiger partial charge in [-0.15, -0.1) is 0 Å². The number of hydrogen-bond donors (Lipinski definition) is 0. The lowest BCUT2D eigenvalue weighted by molar-refractivity contribution is 0.174. The van der Waals surface area contributed by atoms with E-state index < -0.39 is 10.0 Å². The lowest BCUT2D eigenvalue weighted by atomic mass is 10.1. The molecule has 0 radical (unpaired) electrons. The maximum absolute atomic E-state index is 13.9. The monoisotopic (exact) mass is 502 g/mol. The smallest absolute Gasteiger partial charge is 0.243 e. The molecule has 0 unspecified atom stereocenters. The van der Waals surface area contributed by atoms with Crippen LogP contribution in [0.5, 0.6) is 11.5 Å². The van der Waals surface area contributed by atoms with Crippen LogP contribution in [0.15, 0.2) is 89.8 Å². The van der Waals surface area contributed by atoms with Crippen molar-refractivity contribution < 1.29 is 17.9 Å². The molecule has 0 atom stereocenters.